The average molecular weight is 278 g/mol. The van der Waals surface area contributed by atoms with Crippen LogP contribution in [0.2, 0.25) is 0 Å². The summed E-state index contributed by atoms with van der Waals surface area (Å²) in [6, 6.07) is 0.853. The van der Waals surface area contributed by atoms with Gasteiger partial charge in [-0.25, -0.2) is 4.98 Å². The molecule has 1 aromatic heterocycles. The van der Waals surface area contributed by atoms with Crippen molar-refractivity contribution in [2.75, 3.05) is 6.54 Å². The average Bonchev–Trinajstić information content (AvgIpc) is 2.84. The molecule has 2 atom stereocenters. The molecule has 1 saturated heterocycles. The van der Waals surface area contributed by atoms with Gasteiger partial charge < -0.3 is 15.2 Å². The molecule has 0 radical (unpaired) electrons. The Morgan fingerprint density at radius 2 is 2.35 bits per heavy atom. The van der Waals surface area contributed by atoms with E-state index in [4.69, 9.17) is 0 Å². The molecule has 112 valence electrons. The van der Waals surface area contributed by atoms with E-state index in [1.807, 2.05) is 10.8 Å². The second kappa shape index (κ2) is 6.88. The minimum absolute atomic E-state index is 0.0572. The third kappa shape index (κ3) is 4.07. The third-order valence-corrected chi connectivity index (χ3v) is 3.74. The van der Waals surface area contributed by atoms with Crippen molar-refractivity contribution < 1.29 is 4.79 Å². The Bertz CT molecular complexity index is 441. The van der Waals surface area contributed by atoms with Crippen LogP contribution in [-0.4, -0.2) is 28.0 Å². The van der Waals surface area contributed by atoms with Crippen molar-refractivity contribution in [3.05, 3.63) is 18.2 Å². The number of nitrogens with zero attached hydrogens (tertiary/aromatic N) is 2. The largest absolute Gasteiger partial charge is 0.354 e. The molecule has 1 aromatic rings. The Balaban J connectivity index is 1.96. The van der Waals surface area contributed by atoms with E-state index >= 15 is 0 Å². The van der Waals surface area contributed by atoms with Gasteiger partial charge in [0.15, 0.2) is 0 Å². The third-order valence-electron chi connectivity index (χ3n) is 3.74. The molecule has 0 aliphatic carbocycles. The van der Waals surface area contributed by atoms with Crippen molar-refractivity contribution in [1.29, 1.82) is 0 Å². The number of piperidine rings is 1. The minimum Gasteiger partial charge on any atom is -0.354 e. The van der Waals surface area contributed by atoms with Crippen LogP contribution in [0.4, 0.5) is 0 Å². The van der Waals surface area contributed by atoms with Crippen LogP contribution in [-0.2, 0) is 11.3 Å². The Morgan fingerprint density at radius 1 is 1.55 bits per heavy atom. The van der Waals surface area contributed by atoms with E-state index in [2.05, 4.69) is 36.4 Å². The fourth-order valence-corrected chi connectivity index (χ4v) is 2.65. The van der Waals surface area contributed by atoms with E-state index in [9.17, 15) is 4.79 Å². The Kier molecular flexibility index (Phi) is 5.17. The van der Waals surface area contributed by atoms with Crippen molar-refractivity contribution in [3.8, 4) is 0 Å². The summed E-state index contributed by atoms with van der Waals surface area (Å²) < 4.78 is 1.96. The molecule has 0 spiro atoms. The van der Waals surface area contributed by atoms with Gasteiger partial charge in [-0.05, 0) is 32.1 Å². The van der Waals surface area contributed by atoms with Crippen LogP contribution >= 0.6 is 0 Å². The zero-order valence-electron chi connectivity index (χ0n) is 12.7. The summed E-state index contributed by atoms with van der Waals surface area (Å²) in [5, 5.41) is 6.54. The van der Waals surface area contributed by atoms with E-state index in [0.29, 0.717) is 24.5 Å². The first-order chi connectivity index (χ1) is 9.56. The summed E-state index contributed by atoms with van der Waals surface area (Å²) in [4.78, 5) is 16.1. The first kappa shape index (κ1) is 15.0. The molecule has 1 amide bonds. The van der Waals surface area contributed by atoms with Crippen molar-refractivity contribution in [2.24, 2.45) is 5.92 Å². The summed E-state index contributed by atoms with van der Waals surface area (Å²) >= 11 is 0. The maximum absolute atomic E-state index is 11.9. The molecular weight excluding hydrogens is 252 g/mol. The lowest BCUT2D eigenvalue weighted by Gasteiger charge is -2.29. The number of carbonyl (C=O) groups is 1. The second-order valence-corrected chi connectivity index (χ2v) is 6.20. The molecule has 2 rings (SSSR count). The van der Waals surface area contributed by atoms with Crippen LogP contribution in [0.25, 0.3) is 0 Å². The van der Waals surface area contributed by atoms with Gasteiger partial charge in [-0.2, -0.15) is 0 Å². The molecule has 2 unspecified atom stereocenters. The van der Waals surface area contributed by atoms with Gasteiger partial charge in [0.25, 0.3) is 0 Å². The lowest BCUT2D eigenvalue weighted by atomic mass is 9.97. The van der Waals surface area contributed by atoms with E-state index in [1.54, 1.807) is 6.33 Å². The molecule has 2 heterocycles. The summed E-state index contributed by atoms with van der Waals surface area (Å²) in [5.41, 5.74) is 1.12. The topological polar surface area (TPSA) is 59.0 Å². The standard InChI is InChI=1S/C15H26N4O/c1-11(2)7-17-15(20)9-19-10-16-8-14(19)13-6-4-5-12(3)18-13/h8,10-13,18H,4-7,9H2,1-3H3,(H,17,20). The molecule has 2 N–H and O–H groups in total. The van der Waals surface area contributed by atoms with E-state index in [-0.39, 0.29) is 5.91 Å². The normalized spacial score (nSPS) is 23.0. The molecule has 0 aromatic carbocycles. The number of amides is 1. The quantitative estimate of drug-likeness (QED) is 0.864. The maximum Gasteiger partial charge on any atom is 0.239 e. The number of hydrogen-bond acceptors (Lipinski definition) is 3. The van der Waals surface area contributed by atoms with Crippen LogP contribution in [0.15, 0.2) is 12.5 Å². The van der Waals surface area contributed by atoms with Gasteiger partial charge in [0.1, 0.15) is 6.54 Å². The Morgan fingerprint density at radius 3 is 3.05 bits per heavy atom. The van der Waals surface area contributed by atoms with Gasteiger partial charge in [0, 0.05) is 24.8 Å². The number of rotatable bonds is 5. The van der Waals surface area contributed by atoms with Crippen LogP contribution in [0.3, 0.4) is 0 Å². The van der Waals surface area contributed by atoms with Gasteiger partial charge >= 0.3 is 0 Å². The molecule has 1 fully saturated rings. The van der Waals surface area contributed by atoms with Gasteiger partial charge in [-0.1, -0.05) is 13.8 Å². The van der Waals surface area contributed by atoms with Gasteiger partial charge in [0.05, 0.1) is 12.0 Å². The summed E-state index contributed by atoms with van der Waals surface area (Å²) in [6.45, 7) is 7.48. The van der Waals surface area contributed by atoms with Crippen molar-refractivity contribution in [1.82, 2.24) is 20.2 Å². The smallest absolute Gasteiger partial charge is 0.239 e. The summed E-state index contributed by atoms with van der Waals surface area (Å²) in [6.07, 6.45) is 7.20. The zero-order valence-corrected chi connectivity index (χ0v) is 12.7. The predicted octanol–water partition coefficient (Wildman–Crippen LogP) is 1.86. The highest BCUT2D eigenvalue weighted by molar-refractivity contribution is 5.75. The fourth-order valence-electron chi connectivity index (χ4n) is 2.65. The molecule has 0 bridgehead atoms. The molecular formula is C15H26N4O. The van der Waals surface area contributed by atoms with Gasteiger partial charge in [0.2, 0.25) is 5.91 Å². The number of imidazole rings is 1. The maximum atomic E-state index is 11.9. The lowest BCUT2D eigenvalue weighted by Crippen LogP contribution is -2.36. The van der Waals surface area contributed by atoms with E-state index in [1.165, 1.54) is 12.8 Å². The highest BCUT2D eigenvalue weighted by Gasteiger charge is 2.22. The Labute approximate surface area is 121 Å². The lowest BCUT2D eigenvalue weighted by molar-refractivity contribution is -0.121. The first-order valence-electron chi connectivity index (χ1n) is 7.59. The zero-order chi connectivity index (χ0) is 14.5. The van der Waals surface area contributed by atoms with Crippen LogP contribution < -0.4 is 10.6 Å². The van der Waals surface area contributed by atoms with Crippen molar-refractivity contribution in [2.45, 2.75) is 58.7 Å². The minimum atomic E-state index is 0.0572. The second-order valence-electron chi connectivity index (χ2n) is 6.20. The predicted molar refractivity (Wildman–Crippen MR) is 79.3 cm³/mol. The number of hydrogen-bond donors (Lipinski definition) is 2. The van der Waals surface area contributed by atoms with E-state index < -0.39 is 0 Å². The first-order valence-corrected chi connectivity index (χ1v) is 7.59. The number of carbonyl (C=O) groups excluding carboxylic acids is 1. The molecule has 0 saturated carbocycles. The molecule has 1 aliphatic heterocycles. The molecule has 5 heteroatoms. The van der Waals surface area contributed by atoms with Gasteiger partial charge in [-0.15, -0.1) is 0 Å². The van der Waals surface area contributed by atoms with Crippen molar-refractivity contribution >= 4 is 5.91 Å². The van der Waals surface area contributed by atoms with Crippen LogP contribution in [0.5, 0.6) is 0 Å². The van der Waals surface area contributed by atoms with E-state index in [0.717, 1.165) is 18.7 Å². The highest BCUT2D eigenvalue weighted by atomic mass is 16.1. The summed E-state index contributed by atoms with van der Waals surface area (Å²) in [7, 11) is 0. The van der Waals surface area contributed by atoms with Crippen LogP contribution in [0, 0.1) is 5.92 Å². The van der Waals surface area contributed by atoms with Crippen molar-refractivity contribution in [3.63, 3.8) is 0 Å². The molecule has 20 heavy (non-hydrogen) atoms. The fraction of sp³-hybridized carbons (Fsp3) is 0.733. The monoisotopic (exact) mass is 278 g/mol. The highest BCUT2D eigenvalue weighted by Crippen LogP contribution is 2.25. The summed E-state index contributed by atoms with van der Waals surface area (Å²) in [5.74, 6) is 0.531. The number of nitrogens with one attached hydrogen (secondary N) is 2. The molecule has 1 aliphatic rings. The number of aromatic nitrogens is 2. The van der Waals surface area contributed by atoms with Crippen LogP contribution in [0.1, 0.15) is 51.8 Å². The Hall–Kier alpha value is -1.36. The SMILES string of the molecule is CC(C)CNC(=O)Cn1cncc1C1CCCC(C)N1. The molecule has 5 nitrogen and oxygen atoms in total. The van der Waals surface area contributed by atoms with Gasteiger partial charge in [-0.3, -0.25) is 4.79 Å².